The van der Waals surface area contributed by atoms with Crippen LogP contribution in [0.3, 0.4) is 0 Å². The molecule has 0 aromatic rings. The number of hydrogen-bond acceptors (Lipinski definition) is 0. The van der Waals surface area contributed by atoms with Gasteiger partial charge in [0.1, 0.15) is 0 Å². The van der Waals surface area contributed by atoms with Gasteiger partial charge in [0, 0.05) is 0 Å². The third-order valence-electron chi connectivity index (χ3n) is 4.37. The molecule has 0 spiro atoms. The highest BCUT2D eigenvalue weighted by Crippen LogP contribution is 2.45. The third kappa shape index (κ3) is 1.36. The zero-order valence-corrected chi connectivity index (χ0v) is 8.97. The predicted octanol–water partition coefficient (Wildman–Crippen LogP) is 4.23. The largest absolute Gasteiger partial charge is 0.0805 e. The summed E-state index contributed by atoms with van der Waals surface area (Å²) in [6.45, 7) is 0. The molecular formula is C14H20. The minimum Gasteiger partial charge on any atom is -0.0805 e. The fourth-order valence-corrected chi connectivity index (χ4v) is 3.63. The van der Waals surface area contributed by atoms with Crippen molar-refractivity contribution in [2.75, 3.05) is 0 Å². The molecule has 2 atom stereocenters. The van der Waals surface area contributed by atoms with Crippen LogP contribution in [0, 0.1) is 11.8 Å². The predicted molar refractivity (Wildman–Crippen MR) is 60.1 cm³/mol. The van der Waals surface area contributed by atoms with Crippen LogP contribution in [0.4, 0.5) is 0 Å². The second kappa shape index (κ2) is 3.56. The highest BCUT2D eigenvalue weighted by molar-refractivity contribution is 5.34. The lowest BCUT2D eigenvalue weighted by molar-refractivity contribution is 0.497. The van der Waals surface area contributed by atoms with Crippen molar-refractivity contribution in [3.63, 3.8) is 0 Å². The molecule has 0 N–H and O–H groups in total. The Labute approximate surface area is 87.1 Å². The van der Waals surface area contributed by atoms with E-state index in [1.807, 2.05) is 5.57 Å². The fraction of sp³-hybridized carbons (Fsp3) is 0.714. The highest BCUT2D eigenvalue weighted by Gasteiger charge is 2.32. The minimum absolute atomic E-state index is 0.923. The van der Waals surface area contributed by atoms with Gasteiger partial charge in [-0.25, -0.2) is 0 Å². The van der Waals surface area contributed by atoms with E-state index in [1.165, 1.54) is 51.4 Å². The molecule has 2 unspecified atom stereocenters. The standard InChI is InChI=1S/C14H20/c1-2-5-11-9-10-12-6-4-8-14(12)13(11)7-3-1/h9-10,12,14H,1-8H2. The van der Waals surface area contributed by atoms with Crippen LogP contribution in [0.15, 0.2) is 23.3 Å². The molecule has 14 heavy (non-hydrogen) atoms. The molecule has 3 aliphatic carbocycles. The van der Waals surface area contributed by atoms with Gasteiger partial charge in [-0.2, -0.15) is 0 Å². The molecular weight excluding hydrogens is 168 g/mol. The molecule has 0 saturated heterocycles. The Morgan fingerprint density at radius 1 is 0.929 bits per heavy atom. The molecule has 1 fully saturated rings. The summed E-state index contributed by atoms with van der Waals surface area (Å²) in [6, 6.07) is 0. The number of fused-ring (bicyclic) bond motifs is 2. The summed E-state index contributed by atoms with van der Waals surface area (Å²) >= 11 is 0. The Bertz CT molecular complexity index is 282. The zero-order valence-electron chi connectivity index (χ0n) is 8.97. The first kappa shape index (κ1) is 8.76. The van der Waals surface area contributed by atoms with Gasteiger partial charge in [0.25, 0.3) is 0 Å². The molecule has 0 heteroatoms. The van der Waals surface area contributed by atoms with Crippen LogP contribution in [0.25, 0.3) is 0 Å². The molecule has 1 saturated carbocycles. The van der Waals surface area contributed by atoms with Crippen molar-refractivity contribution in [1.82, 2.24) is 0 Å². The van der Waals surface area contributed by atoms with Crippen LogP contribution in [-0.4, -0.2) is 0 Å². The van der Waals surface area contributed by atoms with Gasteiger partial charge in [-0.15, -0.1) is 0 Å². The maximum absolute atomic E-state index is 2.52. The van der Waals surface area contributed by atoms with E-state index in [2.05, 4.69) is 12.2 Å². The molecule has 0 aromatic heterocycles. The average molecular weight is 188 g/mol. The van der Waals surface area contributed by atoms with E-state index in [1.54, 1.807) is 5.57 Å². The number of hydrogen-bond donors (Lipinski definition) is 0. The second-order valence-electron chi connectivity index (χ2n) is 5.17. The number of allylic oxidation sites excluding steroid dienone is 4. The number of rotatable bonds is 0. The van der Waals surface area contributed by atoms with Crippen LogP contribution in [0.1, 0.15) is 51.4 Å². The van der Waals surface area contributed by atoms with Crippen LogP contribution in [-0.2, 0) is 0 Å². The highest BCUT2D eigenvalue weighted by atomic mass is 14.4. The molecule has 0 bridgehead atoms. The first-order valence-corrected chi connectivity index (χ1v) is 6.35. The summed E-state index contributed by atoms with van der Waals surface area (Å²) in [5, 5.41) is 0. The van der Waals surface area contributed by atoms with Crippen LogP contribution < -0.4 is 0 Å². The minimum atomic E-state index is 0.923. The fourth-order valence-electron chi connectivity index (χ4n) is 3.63. The molecule has 0 radical (unpaired) electrons. The van der Waals surface area contributed by atoms with Crippen molar-refractivity contribution in [3.8, 4) is 0 Å². The van der Waals surface area contributed by atoms with Gasteiger partial charge in [-0.05, 0) is 55.9 Å². The van der Waals surface area contributed by atoms with E-state index in [4.69, 9.17) is 0 Å². The lowest BCUT2D eigenvalue weighted by atomic mass is 9.79. The first-order valence-electron chi connectivity index (χ1n) is 6.35. The third-order valence-corrected chi connectivity index (χ3v) is 4.37. The Kier molecular flexibility index (Phi) is 2.23. The topological polar surface area (TPSA) is 0 Å². The summed E-state index contributed by atoms with van der Waals surface area (Å²) < 4.78 is 0. The lowest BCUT2D eigenvalue weighted by Crippen LogP contribution is -2.13. The van der Waals surface area contributed by atoms with Gasteiger partial charge in [0.2, 0.25) is 0 Å². The molecule has 3 rings (SSSR count). The first-order chi connectivity index (χ1) is 6.95. The Morgan fingerprint density at radius 3 is 2.86 bits per heavy atom. The van der Waals surface area contributed by atoms with Crippen molar-refractivity contribution >= 4 is 0 Å². The quantitative estimate of drug-likeness (QED) is 0.533. The monoisotopic (exact) mass is 188 g/mol. The van der Waals surface area contributed by atoms with Gasteiger partial charge in [-0.1, -0.05) is 30.6 Å². The van der Waals surface area contributed by atoms with E-state index in [-0.39, 0.29) is 0 Å². The van der Waals surface area contributed by atoms with Gasteiger partial charge >= 0.3 is 0 Å². The van der Waals surface area contributed by atoms with Crippen molar-refractivity contribution in [1.29, 1.82) is 0 Å². The van der Waals surface area contributed by atoms with Crippen LogP contribution in [0.5, 0.6) is 0 Å². The van der Waals surface area contributed by atoms with Crippen molar-refractivity contribution < 1.29 is 0 Å². The summed E-state index contributed by atoms with van der Waals surface area (Å²) in [5.41, 5.74) is 3.60. The molecule has 0 heterocycles. The maximum atomic E-state index is 2.52. The van der Waals surface area contributed by atoms with Gasteiger partial charge < -0.3 is 0 Å². The van der Waals surface area contributed by atoms with E-state index >= 15 is 0 Å². The Balaban J connectivity index is 1.92. The van der Waals surface area contributed by atoms with E-state index in [9.17, 15) is 0 Å². The maximum Gasteiger partial charge on any atom is -0.0134 e. The van der Waals surface area contributed by atoms with Crippen LogP contribution in [0.2, 0.25) is 0 Å². The van der Waals surface area contributed by atoms with E-state index in [0.717, 1.165) is 11.8 Å². The summed E-state index contributed by atoms with van der Waals surface area (Å²) in [5.74, 6) is 1.89. The molecule has 76 valence electrons. The molecule has 0 aliphatic heterocycles. The lowest BCUT2D eigenvalue weighted by Gasteiger charge is -2.26. The van der Waals surface area contributed by atoms with Gasteiger partial charge in [-0.3, -0.25) is 0 Å². The Morgan fingerprint density at radius 2 is 1.86 bits per heavy atom. The smallest absolute Gasteiger partial charge is 0.0134 e. The van der Waals surface area contributed by atoms with Gasteiger partial charge in [0.05, 0.1) is 0 Å². The van der Waals surface area contributed by atoms with Gasteiger partial charge in [0.15, 0.2) is 0 Å². The summed E-state index contributed by atoms with van der Waals surface area (Å²) in [7, 11) is 0. The second-order valence-corrected chi connectivity index (χ2v) is 5.17. The molecule has 0 amide bonds. The van der Waals surface area contributed by atoms with E-state index in [0.29, 0.717) is 0 Å². The van der Waals surface area contributed by atoms with E-state index < -0.39 is 0 Å². The van der Waals surface area contributed by atoms with Crippen LogP contribution >= 0.6 is 0 Å². The molecule has 0 aromatic carbocycles. The average Bonchev–Trinajstić information content (AvgIpc) is 2.55. The van der Waals surface area contributed by atoms with Crippen molar-refractivity contribution in [2.45, 2.75) is 51.4 Å². The molecule has 0 nitrogen and oxygen atoms in total. The Hall–Kier alpha value is -0.520. The summed E-state index contributed by atoms with van der Waals surface area (Å²) in [4.78, 5) is 0. The SMILES string of the molecule is C1=CC2CCCC2C2=C1CCCCC2. The van der Waals surface area contributed by atoms with Crippen molar-refractivity contribution in [3.05, 3.63) is 23.3 Å². The molecule has 3 aliphatic rings. The summed E-state index contributed by atoms with van der Waals surface area (Å²) in [6.07, 6.45) is 16.5. The normalized spacial score (nSPS) is 36.6. The zero-order chi connectivity index (χ0) is 9.38. The van der Waals surface area contributed by atoms with Crippen molar-refractivity contribution in [2.24, 2.45) is 11.8 Å².